The summed E-state index contributed by atoms with van der Waals surface area (Å²) in [5.74, 6) is -0.650. The van der Waals surface area contributed by atoms with Crippen LogP contribution in [0, 0.1) is 0 Å². The number of hydrogen-bond acceptors (Lipinski definition) is 5. The van der Waals surface area contributed by atoms with Gasteiger partial charge in [-0.1, -0.05) is 54.1 Å². The van der Waals surface area contributed by atoms with Crippen molar-refractivity contribution in [2.75, 3.05) is 18.4 Å². The summed E-state index contributed by atoms with van der Waals surface area (Å²) in [5, 5.41) is 10.5. The van der Waals surface area contributed by atoms with E-state index >= 15 is 0 Å². The van der Waals surface area contributed by atoms with Crippen molar-refractivity contribution in [2.24, 2.45) is 0 Å². The average molecular weight is 556 g/mol. The molecule has 1 fully saturated rings. The molecule has 1 unspecified atom stereocenters. The Morgan fingerprint density at radius 1 is 1.07 bits per heavy atom. The molecule has 2 atom stereocenters. The van der Waals surface area contributed by atoms with Gasteiger partial charge in [-0.25, -0.2) is 9.48 Å². The van der Waals surface area contributed by atoms with Crippen molar-refractivity contribution in [3.8, 4) is 5.69 Å². The minimum Gasteiger partial charge on any atom is -0.436 e. The van der Waals surface area contributed by atoms with E-state index in [1.165, 1.54) is 0 Å². The van der Waals surface area contributed by atoms with E-state index in [1.807, 2.05) is 36.4 Å². The van der Waals surface area contributed by atoms with E-state index in [0.29, 0.717) is 41.3 Å². The van der Waals surface area contributed by atoms with Crippen LogP contribution in [-0.2, 0) is 21.6 Å². The van der Waals surface area contributed by atoms with E-state index in [-0.39, 0.29) is 18.4 Å². The minimum absolute atomic E-state index is 0.150. The average Bonchev–Trinajstić information content (AvgIpc) is 3.65. The molecule has 202 valence electrons. The Bertz CT molecular complexity index is 1580. The molecule has 0 radical (unpaired) electrons. The summed E-state index contributed by atoms with van der Waals surface area (Å²) in [4.78, 5) is 41.7. The number of benzene rings is 3. The maximum absolute atomic E-state index is 14.0. The summed E-state index contributed by atoms with van der Waals surface area (Å²) in [6, 6.07) is 22.8. The molecule has 3 amide bonds. The van der Waals surface area contributed by atoms with Crippen LogP contribution in [0.4, 0.5) is 10.5 Å². The zero-order chi connectivity index (χ0) is 27.7. The van der Waals surface area contributed by atoms with Crippen LogP contribution in [-0.4, -0.2) is 51.7 Å². The van der Waals surface area contributed by atoms with Gasteiger partial charge in [-0.15, -0.1) is 0 Å². The number of carbonyl (C=O) groups excluding carboxylic acids is 3. The van der Waals surface area contributed by atoms with Crippen LogP contribution in [0.5, 0.6) is 0 Å². The summed E-state index contributed by atoms with van der Waals surface area (Å²) < 4.78 is 7.41. The smallest absolute Gasteiger partial charge is 0.412 e. The number of ether oxygens (including phenoxy) is 1. The van der Waals surface area contributed by atoms with Crippen molar-refractivity contribution in [2.45, 2.75) is 24.5 Å². The molecule has 4 aromatic rings. The predicted molar refractivity (Wildman–Crippen MR) is 149 cm³/mol. The Kier molecular flexibility index (Phi) is 6.73. The number of rotatable bonds is 6. The number of nitrogens with one attached hydrogen (secondary N) is 2. The third-order valence-corrected chi connectivity index (χ3v) is 7.56. The van der Waals surface area contributed by atoms with Crippen LogP contribution >= 0.6 is 11.6 Å². The maximum atomic E-state index is 14.0. The molecule has 3 aromatic carbocycles. The summed E-state index contributed by atoms with van der Waals surface area (Å²) in [7, 11) is 0. The second-order valence-electron chi connectivity index (χ2n) is 9.89. The molecule has 2 aliphatic heterocycles. The predicted octanol–water partition coefficient (Wildman–Crippen LogP) is 4.56. The molecule has 2 N–H and O–H groups in total. The summed E-state index contributed by atoms with van der Waals surface area (Å²) in [6.07, 6.45) is 3.52. The van der Waals surface area contributed by atoms with Gasteiger partial charge in [0, 0.05) is 42.4 Å². The summed E-state index contributed by atoms with van der Waals surface area (Å²) in [5.41, 5.74) is 2.22. The Hall–Kier alpha value is -4.63. The Morgan fingerprint density at radius 3 is 2.67 bits per heavy atom. The lowest BCUT2D eigenvalue weighted by Crippen LogP contribution is -2.50. The molecule has 0 aliphatic carbocycles. The van der Waals surface area contributed by atoms with Crippen LogP contribution in [0.2, 0.25) is 5.02 Å². The van der Waals surface area contributed by atoms with Gasteiger partial charge in [0.15, 0.2) is 5.60 Å². The number of hydrogen-bond donors (Lipinski definition) is 2. The fourth-order valence-corrected chi connectivity index (χ4v) is 5.60. The van der Waals surface area contributed by atoms with Crippen molar-refractivity contribution in [3.63, 3.8) is 0 Å². The lowest BCUT2D eigenvalue weighted by atomic mass is 9.90. The van der Waals surface area contributed by atoms with Crippen molar-refractivity contribution in [1.29, 1.82) is 0 Å². The van der Waals surface area contributed by atoms with E-state index in [2.05, 4.69) is 15.7 Å². The second-order valence-corrected chi connectivity index (χ2v) is 10.3. The normalized spacial score (nSPS) is 18.5. The van der Waals surface area contributed by atoms with Crippen molar-refractivity contribution < 1.29 is 19.1 Å². The molecular formula is C30H26ClN5O4. The Balaban J connectivity index is 1.28. The van der Waals surface area contributed by atoms with Crippen molar-refractivity contribution in [1.82, 2.24) is 20.0 Å². The highest BCUT2D eigenvalue weighted by Crippen LogP contribution is 2.43. The number of aromatic nitrogens is 2. The van der Waals surface area contributed by atoms with Gasteiger partial charge in [-0.05, 0) is 42.0 Å². The van der Waals surface area contributed by atoms with Crippen LogP contribution < -0.4 is 10.6 Å². The highest BCUT2D eigenvalue weighted by atomic mass is 35.5. The SMILES string of the molecule is O=C1Nc2ccc(Cl)cc2C2(CCN(C(=O)[C@H](Cc3ccccc3)NC(=O)c3ccccc3-n3cccn3)C2)O1. The topological polar surface area (TPSA) is 106 Å². The van der Waals surface area contributed by atoms with Crippen LogP contribution in [0.3, 0.4) is 0 Å². The van der Waals surface area contributed by atoms with Gasteiger partial charge < -0.3 is 15.0 Å². The van der Waals surface area contributed by atoms with Crippen molar-refractivity contribution in [3.05, 3.63) is 113 Å². The quantitative estimate of drug-likeness (QED) is 0.363. The first kappa shape index (κ1) is 25.6. The third-order valence-electron chi connectivity index (χ3n) is 7.33. The lowest BCUT2D eigenvalue weighted by Gasteiger charge is -2.35. The number of halogens is 1. The second kappa shape index (κ2) is 10.5. The van der Waals surface area contributed by atoms with Gasteiger partial charge in [0.1, 0.15) is 6.04 Å². The fraction of sp³-hybridized carbons (Fsp3) is 0.200. The molecule has 10 heteroatoms. The first-order valence-electron chi connectivity index (χ1n) is 12.9. The number of carbonyl (C=O) groups is 3. The van der Waals surface area contributed by atoms with E-state index in [0.717, 1.165) is 11.1 Å². The maximum Gasteiger partial charge on any atom is 0.412 e. The number of fused-ring (bicyclic) bond motifs is 2. The lowest BCUT2D eigenvalue weighted by molar-refractivity contribution is -0.133. The number of anilines is 1. The molecule has 9 nitrogen and oxygen atoms in total. The molecule has 6 rings (SSSR count). The van der Waals surface area contributed by atoms with Gasteiger partial charge in [-0.3, -0.25) is 14.9 Å². The summed E-state index contributed by atoms with van der Waals surface area (Å²) >= 11 is 6.28. The number of para-hydroxylation sites is 1. The Labute approximate surface area is 235 Å². The Morgan fingerprint density at radius 2 is 1.88 bits per heavy atom. The van der Waals surface area contributed by atoms with Gasteiger partial charge in [0.05, 0.1) is 23.5 Å². The largest absolute Gasteiger partial charge is 0.436 e. The first-order chi connectivity index (χ1) is 19.4. The molecule has 0 bridgehead atoms. The number of nitrogens with zero attached hydrogens (tertiary/aromatic N) is 3. The zero-order valence-corrected chi connectivity index (χ0v) is 22.2. The molecule has 40 heavy (non-hydrogen) atoms. The van der Waals surface area contributed by atoms with Gasteiger partial charge in [0.25, 0.3) is 5.91 Å². The standard InChI is InChI=1S/C30H26ClN5O4/c31-21-11-12-24-23(18-21)30(40-29(39)34-24)13-16-35(19-30)28(38)25(17-20-7-2-1-3-8-20)33-27(37)22-9-4-5-10-26(22)36-15-6-14-32-36/h1-12,14-15,18,25H,13,16-17,19H2,(H,33,37)(H,34,39)/t25-,30?/m0/s1. The molecule has 0 saturated carbocycles. The monoisotopic (exact) mass is 555 g/mol. The highest BCUT2D eigenvalue weighted by Gasteiger charge is 2.49. The third kappa shape index (κ3) is 4.91. The fourth-order valence-electron chi connectivity index (χ4n) is 5.43. The zero-order valence-electron chi connectivity index (χ0n) is 21.4. The molecule has 1 aromatic heterocycles. The van der Waals surface area contributed by atoms with Crippen LogP contribution in [0.1, 0.15) is 27.9 Å². The summed E-state index contributed by atoms with van der Waals surface area (Å²) in [6.45, 7) is 0.501. The highest BCUT2D eigenvalue weighted by molar-refractivity contribution is 6.30. The van der Waals surface area contributed by atoms with Crippen LogP contribution in [0.15, 0.2) is 91.3 Å². The first-order valence-corrected chi connectivity index (χ1v) is 13.3. The number of likely N-dealkylation sites (tertiary alicyclic amines) is 1. The van der Waals surface area contributed by atoms with Gasteiger partial charge >= 0.3 is 6.09 Å². The van der Waals surface area contributed by atoms with E-state index in [1.54, 1.807) is 64.4 Å². The van der Waals surface area contributed by atoms with E-state index in [4.69, 9.17) is 16.3 Å². The molecule has 1 saturated heterocycles. The number of amides is 3. The van der Waals surface area contributed by atoms with E-state index < -0.39 is 17.7 Å². The van der Waals surface area contributed by atoms with Gasteiger partial charge in [0.2, 0.25) is 5.91 Å². The minimum atomic E-state index is -1.02. The van der Waals surface area contributed by atoms with Gasteiger partial charge in [-0.2, -0.15) is 5.10 Å². The van der Waals surface area contributed by atoms with E-state index in [9.17, 15) is 14.4 Å². The van der Waals surface area contributed by atoms with Crippen LogP contribution in [0.25, 0.3) is 5.69 Å². The molecule has 1 spiro atoms. The van der Waals surface area contributed by atoms with Crippen molar-refractivity contribution >= 4 is 35.2 Å². The molecular weight excluding hydrogens is 530 g/mol. The molecule has 2 aliphatic rings. The molecule has 3 heterocycles.